The number of ether oxygens (including phenoxy) is 2. The highest BCUT2D eigenvalue weighted by atomic mass is 35.5. The monoisotopic (exact) mass is 350 g/mol. The van der Waals surface area contributed by atoms with E-state index in [0.717, 1.165) is 0 Å². The van der Waals surface area contributed by atoms with E-state index in [1.807, 2.05) is 6.07 Å². The van der Waals surface area contributed by atoms with Crippen LogP contribution in [0.15, 0.2) is 42.5 Å². The first-order valence-electron chi connectivity index (χ1n) is 7.47. The second-order valence-corrected chi connectivity index (χ2v) is 5.64. The molecule has 0 heterocycles. The molecule has 2 aromatic rings. The lowest BCUT2D eigenvalue weighted by Gasteiger charge is -2.12. The summed E-state index contributed by atoms with van der Waals surface area (Å²) in [6.45, 7) is 4.75. The van der Waals surface area contributed by atoms with Crippen molar-refractivity contribution in [3.63, 3.8) is 0 Å². The highest BCUT2D eigenvalue weighted by Gasteiger charge is 2.10. The molecule has 5 nitrogen and oxygen atoms in total. The van der Waals surface area contributed by atoms with E-state index in [-0.39, 0.29) is 18.3 Å². The SMILES string of the molecule is COc1ccc(N)c(NC(=O)c2cccc(OCC(C)C)c2)c1.Cl. The van der Waals surface area contributed by atoms with Crippen molar-refractivity contribution in [3.8, 4) is 11.5 Å². The predicted octanol–water partition coefficient (Wildman–Crippen LogP) is 3.99. The quantitative estimate of drug-likeness (QED) is 0.772. The fourth-order valence-corrected chi connectivity index (χ4v) is 1.96. The van der Waals surface area contributed by atoms with Crippen molar-refractivity contribution >= 4 is 29.7 Å². The minimum Gasteiger partial charge on any atom is -0.497 e. The molecule has 0 atom stereocenters. The van der Waals surface area contributed by atoms with Crippen molar-refractivity contribution in [2.24, 2.45) is 5.92 Å². The minimum absolute atomic E-state index is 0. The zero-order chi connectivity index (χ0) is 16.8. The number of amides is 1. The van der Waals surface area contributed by atoms with Crippen LogP contribution in [0, 0.1) is 5.92 Å². The largest absolute Gasteiger partial charge is 0.497 e. The maximum atomic E-state index is 12.4. The molecule has 1 amide bonds. The van der Waals surface area contributed by atoms with Gasteiger partial charge in [-0.25, -0.2) is 0 Å². The highest BCUT2D eigenvalue weighted by molar-refractivity contribution is 6.06. The molecule has 6 heteroatoms. The van der Waals surface area contributed by atoms with Crippen molar-refractivity contribution in [1.82, 2.24) is 0 Å². The summed E-state index contributed by atoms with van der Waals surface area (Å²) >= 11 is 0. The number of carbonyl (C=O) groups excluding carboxylic acids is 1. The molecular weight excluding hydrogens is 328 g/mol. The lowest BCUT2D eigenvalue weighted by Crippen LogP contribution is -2.13. The van der Waals surface area contributed by atoms with Crippen LogP contribution in [-0.4, -0.2) is 19.6 Å². The summed E-state index contributed by atoms with van der Waals surface area (Å²) in [4.78, 5) is 12.4. The van der Waals surface area contributed by atoms with Crippen molar-refractivity contribution in [2.45, 2.75) is 13.8 Å². The normalized spacial score (nSPS) is 10.0. The van der Waals surface area contributed by atoms with Crippen molar-refractivity contribution in [2.75, 3.05) is 24.8 Å². The second kappa shape index (κ2) is 9.03. The van der Waals surface area contributed by atoms with Gasteiger partial charge in [-0.2, -0.15) is 0 Å². The van der Waals surface area contributed by atoms with Gasteiger partial charge in [-0.15, -0.1) is 12.4 Å². The molecule has 3 N–H and O–H groups in total. The number of carbonyl (C=O) groups is 1. The number of halogens is 1. The van der Waals surface area contributed by atoms with Crippen LogP contribution in [-0.2, 0) is 0 Å². The summed E-state index contributed by atoms with van der Waals surface area (Å²) in [5.74, 6) is 1.47. The Hall–Kier alpha value is -2.40. The van der Waals surface area contributed by atoms with Gasteiger partial charge in [0, 0.05) is 11.6 Å². The van der Waals surface area contributed by atoms with Gasteiger partial charge in [0.15, 0.2) is 0 Å². The fraction of sp³-hybridized carbons (Fsp3) is 0.278. The number of nitrogens with two attached hydrogens (primary N) is 1. The number of hydrogen-bond acceptors (Lipinski definition) is 4. The van der Waals surface area contributed by atoms with Crippen LogP contribution in [0.2, 0.25) is 0 Å². The molecule has 0 unspecified atom stereocenters. The molecule has 0 spiro atoms. The summed E-state index contributed by atoms with van der Waals surface area (Å²) in [6, 6.07) is 12.2. The molecule has 130 valence electrons. The zero-order valence-electron chi connectivity index (χ0n) is 14.0. The summed E-state index contributed by atoms with van der Waals surface area (Å²) in [5, 5.41) is 2.79. The Labute approximate surface area is 148 Å². The smallest absolute Gasteiger partial charge is 0.255 e. The molecule has 24 heavy (non-hydrogen) atoms. The van der Waals surface area contributed by atoms with Gasteiger partial charge in [-0.1, -0.05) is 19.9 Å². The van der Waals surface area contributed by atoms with E-state index >= 15 is 0 Å². The van der Waals surface area contributed by atoms with Gasteiger partial charge in [0.05, 0.1) is 25.1 Å². The van der Waals surface area contributed by atoms with Gasteiger partial charge in [-0.3, -0.25) is 4.79 Å². The van der Waals surface area contributed by atoms with Crippen LogP contribution in [0.4, 0.5) is 11.4 Å². The molecule has 0 bridgehead atoms. The Kier molecular flexibility index (Phi) is 7.39. The van der Waals surface area contributed by atoms with Crippen molar-refractivity contribution < 1.29 is 14.3 Å². The average molecular weight is 351 g/mol. The van der Waals surface area contributed by atoms with Gasteiger partial charge in [0.25, 0.3) is 5.91 Å². The number of hydrogen-bond donors (Lipinski definition) is 2. The second-order valence-electron chi connectivity index (χ2n) is 5.64. The van der Waals surface area contributed by atoms with Gasteiger partial charge in [-0.05, 0) is 36.2 Å². The molecule has 0 fully saturated rings. The molecule has 0 saturated heterocycles. The fourth-order valence-electron chi connectivity index (χ4n) is 1.96. The molecule has 0 aliphatic rings. The Morgan fingerprint density at radius 3 is 2.58 bits per heavy atom. The number of methoxy groups -OCH3 is 1. The maximum Gasteiger partial charge on any atom is 0.255 e. The van der Waals surface area contributed by atoms with Gasteiger partial charge < -0.3 is 20.5 Å². The van der Waals surface area contributed by atoms with Crippen LogP contribution in [0.25, 0.3) is 0 Å². The third-order valence-electron chi connectivity index (χ3n) is 3.19. The number of nitrogen functional groups attached to an aromatic ring is 1. The number of rotatable bonds is 6. The third-order valence-corrected chi connectivity index (χ3v) is 3.19. The van der Waals surface area contributed by atoms with Gasteiger partial charge in [0.2, 0.25) is 0 Å². The summed E-state index contributed by atoms with van der Waals surface area (Å²) in [5.41, 5.74) is 7.39. The van der Waals surface area contributed by atoms with Crippen LogP contribution in [0.5, 0.6) is 11.5 Å². The minimum atomic E-state index is -0.250. The number of nitrogens with one attached hydrogen (secondary N) is 1. The van der Waals surface area contributed by atoms with Crippen molar-refractivity contribution in [1.29, 1.82) is 0 Å². The Morgan fingerprint density at radius 2 is 1.92 bits per heavy atom. The van der Waals surface area contributed by atoms with E-state index in [1.54, 1.807) is 43.5 Å². The van der Waals surface area contributed by atoms with Crippen LogP contribution in [0.1, 0.15) is 24.2 Å². The molecule has 0 aliphatic carbocycles. The number of anilines is 2. The molecule has 0 saturated carbocycles. The lowest BCUT2D eigenvalue weighted by atomic mass is 10.2. The molecular formula is C18H23ClN2O3. The topological polar surface area (TPSA) is 73.6 Å². The molecule has 2 aromatic carbocycles. The maximum absolute atomic E-state index is 12.4. The summed E-state index contributed by atoms with van der Waals surface area (Å²) < 4.78 is 10.8. The Balaban J connectivity index is 0.00000288. The highest BCUT2D eigenvalue weighted by Crippen LogP contribution is 2.25. The van der Waals surface area contributed by atoms with Gasteiger partial charge in [0.1, 0.15) is 11.5 Å². The third kappa shape index (κ3) is 5.35. The van der Waals surface area contributed by atoms with Crippen LogP contribution in [0.3, 0.4) is 0 Å². The van der Waals surface area contributed by atoms with E-state index < -0.39 is 0 Å². The lowest BCUT2D eigenvalue weighted by molar-refractivity contribution is 0.102. The average Bonchev–Trinajstić information content (AvgIpc) is 2.55. The summed E-state index contributed by atoms with van der Waals surface area (Å²) in [7, 11) is 1.56. The molecule has 0 radical (unpaired) electrons. The molecule has 2 rings (SSSR count). The van der Waals surface area contributed by atoms with E-state index in [4.69, 9.17) is 15.2 Å². The van der Waals surface area contributed by atoms with Crippen LogP contribution >= 0.6 is 12.4 Å². The number of benzene rings is 2. The van der Waals surface area contributed by atoms with Crippen LogP contribution < -0.4 is 20.5 Å². The van der Waals surface area contributed by atoms with E-state index in [9.17, 15) is 4.79 Å². The molecule has 0 aliphatic heterocycles. The Bertz CT molecular complexity index is 690. The first kappa shape index (κ1) is 19.6. The standard InChI is InChI=1S/C18H22N2O3.ClH/c1-12(2)11-23-15-6-4-5-13(9-15)18(21)20-17-10-14(22-3)7-8-16(17)19;/h4-10,12H,11,19H2,1-3H3,(H,20,21);1H. The zero-order valence-corrected chi connectivity index (χ0v) is 14.9. The Morgan fingerprint density at radius 1 is 1.17 bits per heavy atom. The van der Waals surface area contributed by atoms with Gasteiger partial charge >= 0.3 is 0 Å². The van der Waals surface area contributed by atoms with Crippen molar-refractivity contribution in [3.05, 3.63) is 48.0 Å². The molecule has 0 aromatic heterocycles. The van der Waals surface area contributed by atoms with E-state index in [2.05, 4.69) is 19.2 Å². The predicted molar refractivity (Wildman–Crippen MR) is 99.4 cm³/mol. The van der Waals surface area contributed by atoms with E-state index in [1.165, 1.54) is 0 Å². The first-order valence-corrected chi connectivity index (χ1v) is 7.47. The first-order chi connectivity index (χ1) is 11.0. The van der Waals surface area contributed by atoms with E-state index in [0.29, 0.717) is 41.0 Å². The summed E-state index contributed by atoms with van der Waals surface area (Å²) in [6.07, 6.45) is 0.